The first kappa shape index (κ1) is 19.7. The number of hydrogen-bond acceptors (Lipinski definition) is 5. The maximum absolute atomic E-state index is 13.8. The highest BCUT2D eigenvalue weighted by molar-refractivity contribution is 6.30. The van der Waals surface area contributed by atoms with Gasteiger partial charge in [-0.3, -0.25) is 9.59 Å². The first-order chi connectivity index (χ1) is 14.4. The van der Waals surface area contributed by atoms with Crippen LogP contribution in [0.25, 0.3) is 10.8 Å². The molecule has 0 aliphatic rings. The zero-order valence-corrected chi connectivity index (χ0v) is 16.5. The zero-order chi connectivity index (χ0) is 21.3. The van der Waals surface area contributed by atoms with Gasteiger partial charge in [-0.25, -0.2) is 4.39 Å². The van der Waals surface area contributed by atoms with E-state index in [4.69, 9.17) is 16.3 Å². The molecule has 0 saturated carbocycles. The third-order valence-corrected chi connectivity index (χ3v) is 4.74. The topological polar surface area (TPSA) is 89.0 Å². The molecule has 4 rings (SSSR count). The lowest BCUT2D eigenvalue weighted by Crippen LogP contribution is -2.19. The molecule has 0 atom stereocenters. The van der Waals surface area contributed by atoms with Crippen LogP contribution in [0.2, 0.25) is 5.02 Å². The van der Waals surface area contributed by atoms with Gasteiger partial charge in [0.2, 0.25) is 11.7 Å². The fraction of sp³-hybridized carbons (Fsp3) is 0.0952. The quantitative estimate of drug-likeness (QED) is 0.508. The number of hydrogen-bond donors (Lipinski definition) is 2. The summed E-state index contributed by atoms with van der Waals surface area (Å²) in [6.07, 6.45) is 3.02. The lowest BCUT2D eigenvalue weighted by Gasteiger charge is -2.16. The predicted molar refractivity (Wildman–Crippen MR) is 113 cm³/mol. The summed E-state index contributed by atoms with van der Waals surface area (Å²) in [7, 11) is 1.37. The van der Waals surface area contributed by atoms with Crippen molar-refractivity contribution in [1.29, 1.82) is 0 Å². The van der Waals surface area contributed by atoms with Gasteiger partial charge in [-0.1, -0.05) is 17.7 Å². The molecule has 0 bridgehead atoms. The number of aromatic amines is 1. The molecule has 0 radical (unpaired) electrons. The van der Waals surface area contributed by atoms with Crippen molar-refractivity contribution in [2.75, 3.05) is 12.4 Å². The smallest absolute Gasteiger partial charge is 0.316 e. The molecule has 2 aromatic heterocycles. The van der Waals surface area contributed by atoms with Gasteiger partial charge in [0.25, 0.3) is 5.56 Å². The molecule has 9 heteroatoms. The summed E-state index contributed by atoms with van der Waals surface area (Å²) in [5, 5.41) is 4.51. The largest absolute Gasteiger partial charge is 0.490 e. The van der Waals surface area contributed by atoms with E-state index in [1.54, 1.807) is 41.1 Å². The Morgan fingerprint density at radius 2 is 2.03 bits per heavy atom. The fourth-order valence-corrected chi connectivity index (χ4v) is 3.43. The van der Waals surface area contributed by atoms with E-state index in [1.807, 2.05) is 0 Å². The molecule has 0 aliphatic heterocycles. The Morgan fingerprint density at radius 3 is 2.80 bits per heavy atom. The summed E-state index contributed by atoms with van der Waals surface area (Å²) < 4.78 is 20.5. The zero-order valence-electron chi connectivity index (χ0n) is 15.8. The van der Waals surface area contributed by atoms with Crippen LogP contribution in [0.1, 0.15) is 5.56 Å². The van der Waals surface area contributed by atoms with Gasteiger partial charge in [-0.2, -0.15) is 4.98 Å². The van der Waals surface area contributed by atoms with Gasteiger partial charge >= 0.3 is 5.56 Å². The van der Waals surface area contributed by atoms with Crippen molar-refractivity contribution in [3.63, 3.8) is 0 Å². The van der Waals surface area contributed by atoms with Gasteiger partial charge in [-0.05, 0) is 42.0 Å². The molecule has 0 amide bonds. The highest BCUT2D eigenvalue weighted by Gasteiger charge is 2.12. The molecule has 0 unspecified atom stereocenters. The van der Waals surface area contributed by atoms with Gasteiger partial charge in [0.1, 0.15) is 5.82 Å². The Labute approximate surface area is 174 Å². The van der Waals surface area contributed by atoms with Crippen molar-refractivity contribution in [3.05, 3.63) is 92.0 Å². The lowest BCUT2D eigenvalue weighted by molar-refractivity contribution is 0.402. The third-order valence-electron chi connectivity index (χ3n) is 4.52. The molecule has 152 valence electrons. The van der Waals surface area contributed by atoms with Crippen LogP contribution in [-0.2, 0) is 6.54 Å². The minimum atomic E-state index is -0.563. The average Bonchev–Trinajstić information content (AvgIpc) is 2.70. The Kier molecular flexibility index (Phi) is 5.24. The molecule has 0 aliphatic carbocycles. The maximum Gasteiger partial charge on any atom is 0.316 e. The van der Waals surface area contributed by atoms with Gasteiger partial charge in [0.05, 0.1) is 19.9 Å². The summed E-state index contributed by atoms with van der Waals surface area (Å²) in [5.41, 5.74) is 0.365. The summed E-state index contributed by atoms with van der Waals surface area (Å²) in [6.45, 7) is 0.175. The average molecular weight is 427 g/mol. The van der Waals surface area contributed by atoms with E-state index in [-0.39, 0.29) is 28.8 Å². The summed E-state index contributed by atoms with van der Waals surface area (Å²) in [5.74, 6) is -0.229. The first-order valence-corrected chi connectivity index (χ1v) is 9.30. The van der Waals surface area contributed by atoms with E-state index in [0.29, 0.717) is 22.0 Å². The van der Waals surface area contributed by atoms with E-state index in [2.05, 4.69) is 15.3 Å². The van der Waals surface area contributed by atoms with Crippen LogP contribution in [0.3, 0.4) is 0 Å². The highest BCUT2D eigenvalue weighted by Crippen LogP contribution is 2.24. The number of halogens is 2. The number of aromatic nitrogens is 3. The summed E-state index contributed by atoms with van der Waals surface area (Å²) >= 11 is 5.96. The van der Waals surface area contributed by atoms with Crippen LogP contribution < -0.4 is 21.2 Å². The number of H-pyrrole nitrogens is 1. The molecule has 0 spiro atoms. The molecule has 7 nitrogen and oxygen atoms in total. The van der Waals surface area contributed by atoms with Crippen LogP contribution in [0.15, 0.2) is 64.4 Å². The van der Waals surface area contributed by atoms with Crippen LogP contribution in [-0.4, -0.2) is 21.6 Å². The number of nitrogens with zero attached hydrogens (tertiary/aromatic N) is 2. The van der Waals surface area contributed by atoms with Crippen molar-refractivity contribution in [2.24, 2.45) is 0 Å². The highest BCUT2D eigenvalue weighted by atomic mass is 35.5. The van der Waals surface area contributed by atoms with Crippen molar-refractivity contribution in [3.8, 4) is 5.75 Å². The second-order valence-electron chi connectivity index (χ2n) is 6.54. The standard InChI is InChI=1S/C21H16ClFN4O3/c1-30-18-11-27(10-12-7-13(22)9-14(23)8-12)21(26-20(18)29)25-17-4-2-3-16-15(17)5-6-24-19(16)28/h2-9,11H,10H2,1H3,(H,24,28)(H,25,26,29). The number of anilines is 2. The molecule has 0 fully saturated rings. The molecule has 2 N–H and O–H groups in total. The van der Waals surface area contributed by atoms with Crippen molar-refractivity contribution >= 4 is 34.0 Å². The number of benzene rings is 2. The fourth-order valence-electron chi connectivity index (χ4n) is 3.18. The third kappa shape index (κ3) is 3.90. The minimum absolute atomic E-state index is 0.0393. The van der Waals surface area contributed by atoms with Crippen LogP contribution >= 0.6 is 11.6 Å². The van der Waals surface area contributed by atoms with E-state index in [9.17, 15) is 14.0 Å². The first-order valence-electron chi connectivity index (χ1n) is 8.92. The minimum Gasteiger partial charge on any atom is -0.490 e. The van der Waals surface area contributed by atoms with Gasteiger partial charge < -0.3 is 19.6 Å². The second kappa shape index (κ2) is 8.00. The Bertz CT molecular complexity index is 1350. The molecular formula is C21H16ClFN4O3. The van der Waals surface area contributed by atoms with Gasteiger partial charge in [0.15, 0.2) is 0 Å². The lowest BCUT2D eigenvalue weighted by atomic mass is 10.1. The van der Waals surface area contributed by atoms with Crippen LogP contribution in [0.4, 0.5) is 16.0 Å². The number of pyridine rings is 1. The Balaban J connectivity index is 1.82. The Hall–Kier alpha value is -3.65. The van der Waals surface area contributed by atoms with Crippen molar-refractivity contribution in [1.82, 2.24) is 14.5 Å². The number of nitrogens with one attached hydrogen (secondary N) is 2. The molecule has 0 saturated heterocycles. The SMILES string of the molecule is COc1cn(Cc2cc(F)cc(Cl)c2)c(Nc2cccc3c(=O)[nH]ccc23)nc1=O. The summed E-state index contributed by atoms with van der Waals surface area (Å²) in [6, 6.07) is 11.1. The number of methoxy groups -OCH3 is 1. The predicted octanol–water partition coefficient (Wildman–Crippen LogP) is 3.68. The van der Waals surface area contributed by atoms with E-state index in [0.717, 1.165) is 0 Å². The normalized spacial score (nSPS) is 10.9. The van der Waals surface area contributed by atoms with Crippen molar-refractivity contribution in [2.45, 2.75) is 6.54 Å². The number of fused-ring (bicyclic) bond motifs is 1. The van der Waals surface area contributed by atoms with Crippen LogP contribution in [0, 0.1) is 5.82 Å². The molecule has 30 heavy (non-hydrogen) atoms. The second-order valence-corrected chi connectivity index (χ2v) is 6.98. The number of ether oxygens (including phenoxy) is 1. The molecular weight excluding hydrogens is 411 g/mol. The monoisotopic (exact) mass is 426 g/mol. The van der Waals surface area contributed by atoms with Crippen LogP contribution in [0.5, 0.6) is 5.75 Å². The summed E-state index contributed by atoms with van der Waals surface area (Å²) in [4.78, 5) is 31.0. The van der Waals surface area contributed by atoms with Gasteiger partial charge in [-0.15, -0.1) is 0 Å². The Morgan fingerprint density at radius 1 is 1.20 bits per heavy atom. The van der Waals surface area contributed by atoms with E-state index in [1.165, 1.54) is 25.4 Å². The van der Waals surface area contributed by atoms with Crippen molar-refractivity contribution < 1.29 is 9.13 Å². The van der Waals surface area contributed by atoms with E-state index >= 15 is 0 Å². The number of rotatable bonds is 5. The molecule has 2 heterocycles. The van der Waals surface area contributed by atoms with Gasteiger partial charge in [0, 0.05) is 27.7 Å². The molecule has 2 aromatic carbocycles. The van der Waals surface area contributed by atoms with E-state index < -0.39 is 11.4 Å². The molecule has 4 aromatic rings. The maximum atomic E-state index is 13.8.